The molecule has 0 amide bonds. The van der Waals surface area contributed by atoms with E-state index < -0.39 is 16.8 Å². The number of carbonyl (C=O) groups excluding carboxylic acids is 1. The molecule has 0 radical (unpaired) electrons. The van der Waals surface area contributed by atoms with Gasteiger partial charge in [-0.25, -0.2) is 0 Å². The van der Waals surface area contributed by atoms with Gasteiger partial charge in [0.25, 0.3) is 0 Å². The maximum atomic E-state index is 12.6. The summed E-state index contributed by atoms with van der Waals surface area (Å²) in [5.74, 6) is 1.86. The van der Waals surface area contributed by atoms with Crippen molar-refractivity contribution in [3.63, 3.8) is 0 Å². The van der Waals surface area contributed by atoms with Crippen LogP contribution in [0.4, 0.5) is 0 Å². The molecule has 0 spiro atoms. The normalized spacial score (nSPS) is 11.8. The Morgan fingerprint density at radius 1 is 0.933 bits per heavy atom. The monoisotopic (exact) mass is 435 g/mol. The summed E-state index contributed by atoms with van der Waals surface area (Å²) in [6.07, 6.45) is 1.67. The summed E-state index contributed by atoms with van der Waals surface area (Å²) in [6, 6.07) is 8.43. The second kappa shape index (κ2) is 11.2. The van der Waals surface area contributed by atoms with E-state index in [0.29, 0.717) is 34.1 Å². The Bertz CT molecular complexity index is 918. The average Bonchev–Trinajstić information content (AvgIpc) is 2.77. The molecule has 2 aromatic carbocycles. The second-order valence-corrected chi connectivity index (χ2v) is 7.26. The molecule has 1 atom stereocenters. The molecule has 30 heavy (non-hydrogen) atoms. The standard InChI is InChI=1S/C21H25NO7S/c1-25-15-10-18(27-3)16(19(11-15)28-4)7-8-30(24)13-14-5-6-17(26-2)20(9-14)29-21(23)12-22/h5-11H,12-13,22H2,1-4H3. The summed E-state index contributed by atoms with van der Waals surface area (Å²) in [7, 11) is 4.72. The molecule has 2 rings (SSSR count). The van der Waals surface area contributed by atoms with Crippen molar-refractivity contribution in [3.8, 4) is 28.7 Å². The van der Waals surface area contributed by atoms with Crippen molar-refractivity contribution in [1.29, 1.82) is 0 Å². The average molecular weight is 435 g/mol. The number of rotatable bonds is 10. The van der Waals surface area contributed by atoms with Crippen molar-refractivity contribution < 1.29 is 32.7 Å². The molecule has 0 saturated heterocycles. The predicted molar refractivity (Wildman–Crippen MR) is 115 cm³/mol. The highest BCUT2D eigenvalue weighted by Crippen LogP contribution is 2.35. The maximum absolute atomic E-state index is 12.6. The molecule has 0 aliphatic carbocycles. The summed E-state index contributed by atoms with van der Waals surface area (Å²) in [6.45, 7) is -0.256. The highest BCUT2D eigenvalue weighted by atomic mass is 32.2. The Hall–Kier alpha value is -3.04. The molecule has 0 aromatic heterocycles. The molecule has 9 heteroatoms. The number of hydrogen-bond acceptors (Lipinski definition) is 8. The molecule has 0 saturated carbocycles. The van der Waals surface area contributed by atoms with E-state index in [1.165, 1.54) is 21.3 Å². The third-order valence-electron chi connectivity index (χ3n) is 4.07. The molecule has 0 heterocycles. The van der Waals surface area contributed by atoms with Gasteiger partial charge in [0.05, 0.1) is 57.1 Å². The Morgan fingerprint density at radius 2 is 1.57 bits per heavy atom. The molecule has 0 aliphatic rings. The molecule has 0 aliphatic heterocycles. The van der Waals surface area contributed by atoms with E-state index in [9.17, 15) is 9.00 Å². The van der Waals surface area contributed by atoms with Gasteiger partial charge >= 0.3 is 5.97 Å². The first-order valence-corrected chi connectivity index (χ1v) is 10.3. The molecule has 1 unspecified atom stereocenters. The van der Waals surface area contributed by atoms with Crippen molar-refractivity contribution in [3.05, 3.63) is 46.9 Å². The molecule has 162 valence electrons. The minimum absolute atomic E-state index is 0.203. The lowest BCUT2D eigenvalue weighted by Gasteiger charge is -2.12. The summed E-state index contributed by atoms with van der Waals surface area (Å²) in [5.41, 5.74) is 6.63. The largest absolute Gasteiger partial charge is 0.496 e. The Kier molecular flexibility index (Phi) is 8.70. The lowest BCUT2D eigenvalue weighted by molar-refractivity contribution is -0.132. The Morgan fingerprint density at radius 3 is 2.10 bits per heavy atom. The van der Waals surface area contributed by atoms with E-state index in [2.05, 4.69) is 0 Å². The molecule has 0 fully saturated rings. The van der Waals surface area contributed by atoms with Crippen LogP contribution in [0.2, 0.25) is 0 Å². The lowest BCUT2D eigenvalue weighted by Crippen LogP contribution is -2.19. The first-order valence-electron chi connectivity index (χ1n) is 8.88. The van der Waals surface area contributed by atoms with Crippen LogP contribution in [-0.2, 0) is 21.3 Å². The van der Waals surface area contributed by atoms with Gasteiger partial charge in [0.1, 0.15) is 17.2 Å². The number of esters is 1. The van der Waals surface area contributed by atoms with Gasteiger partial charge in [-0.2, -0.15) is 0 Å². The van der Waals surface area contributed by atoms with Gasteiger partial charge in [0.2, 0.25) is 0 Å². The fourth-order valence-corrected chi connectivity index (χ4v) is 3.50. The van der Waals surface area contributed by atoms with Gasteiger partial charge in [0, 0.05) is 17.5 Å². The van der Waals surface area contributed by atoms with Crippen LogP contribution in [0, 0.1) is 0 Å². The van der Waals surface area contributed by atoms with Gasteiger partial charge in [-0.1, -0.05) is 6.07 Å². The van der Waals surface area contributed by atoms with Crippen LogP contribution in [0.15, 0.2) is 35.7 Å². The third-order valence-corrected chi connectivity index (χ3v) is 5.12. The number of ether oxygens (including phenoxy) is 5. The molecular formula is C21H25NO7S. The fourth-order valence-electron chi connectivity index (χ4n) is 2.61. The summed E-state index contributed by atoms with van der Waals surface area (Å²) >= 11 is 0. The number of methoxy groups -OCH3 is 4. The minimum atomic E-state index is -1.36. The minimum Gasteiger partial charge on any atom is -0.496 e. The number of carbonyl (C=O) groups is 1. The Balaban J connectivity index is 2.22. The van der Waals surface area contributed by atoms with E-state index in [-0.39, 0.29) is 18.0 Å². The zero-order valence-corrected chi connectivity index (χ0v) is 18.1. The predicted octanol–water partition coefficient (Wildman–Crippen LogP) is 2.50. The highest BCUT2D eigenvalue weighted by Gasteiger charge is 2.13. The quantitative estimate of drug-likeness (QED) is 0.448. The van der Waals surface area contributed by atoms with Crippen molar-refractivity contribution in [2.45, 2.75) is 5.75 Å². The topological polar surface area (TPSA) is 106 Å². The summed E-state index contributed by atoms with van der Waals surface area (Å²) in [5, 5.41) is 1.54. The fraction of sp³-hybridized carbons (Fsp3) is 0.286. The van der Waals surface area contributed by atoms with Crippen molar-refractivity contribution in [2.24, 2.45) is 5.73 Å². The first kappa shape index (κ1) is 23.2. The molecule has 0 bridgehead atoms. The highest BCUT2D eigenvalue weighted by molar-refractivity contribution is 7.87. The van der Waals surface area contributed by atoms with Crippen molar-refractivity contribution >= 4 is 22.8 Å². The lowest BCUT2D eigenvalue weighted by atomic mass is 10.1. The van der Waals surface area contributed by atoms with E-state index in [1.807, 2.05) is 0 Å². The van der Waals surface area contributed by atoms with Gasteiger partial charge in [-0.15, -0.1) is 0 Å². The van der Waals surface area contributed by atoms with Crippen molar-refractivity contribution in [1.82, 2.24) is 0 Å². The number of nitrogens with two attached hydrogens (primary N) is 1. The first-order chi connectivity index (χ1) is 14.4. The van der Waals surface area contributed by atoms with Crippen LogP contribution in [-0.4, -0.2) is 45.2 Å². The van der Waals surface area contributed by atoms with Crippen LogP contribution in [0.5, 0.6) is 28.7 Å². The zero-order valence-electron chi connectivity index (χ0n) is 17.3. The van der Waals surface area contributed by atoms with Crippen LogP contribution in [0.1, 0.15) is 11.1 Å². The van der Waals surface area contributed by atoms with Gasteiger partial charge < -0.3 is 29.4 Å². The molecule has 8 nitrogen and oxygen atoms in total. The summed E-state index contributed by atoms with van der Waals surface area (Å²) < 4.78 is 39.0. The SMILES string of the molecule is COc1cc(OC)c(C=CS(=O)Cc2ccc(OC)c(OC(=O)CN)c2)c(OC)c1. The Labute approximate surface area is 178 Å². The van der Waals surface area contributed by atoms with Crippen molar-refractivity contribution in [2.75, 3.05) is 35.0 Å². The van der Waals surface area contributed by atoms with E-state index in [4.69, 9.17) is 29.4 Å². The van der Waals surface area contributed by atoms with Gasteiger partial charge in [-0.3, -0.25) is 9.00 Å². The number of benzene rings is 2. The van der Waals surface area contributed by atoms with Gasteiger partial charge in [-0.05, 0) is 23.8 Å². The van der Waals surface area contributed by atoms with Crippen LogP contribution >= 0.6 is 0 Å². The van der Waals surface area contributed by atoms with Gasteiger partial charge in [0.15, 0.2) is 11.5 Å². The van der Waals surface area contributed by atoms with Crippen LogP contribution < -0.4 is 29.4 Å². The third kappa shape index (κ3) is 5.98. The molecule has 2 N–H and O–H groups in total. The van der Waals surface area contributed by atoms with Crippen LogP contribution in [0.3, 0.4) is 0 Å². The number of hydrogen-bond donors (Lipinski definition) is 1. The summed E-state index contributed by atoms with van der Waals surface area (Å²) in [4.78, 5) is 11.5. The van der Waals surface area contributed by atoms with E-state index >= 15 is 0 Å². The second-order valence-electron chi connectivity index (χ2n) is 5.94. The smallest absolute Gasteiger partial charge is 0.325 e. The van der Waals surface area contributed by atoms with E-state index in [1.54, 1.807) is 48.9 Å². The van der Waals surface area contributed by atoms with E-state index in [0.717, 1.165) is 0 Å². The molecular weight excluding hydrogens is 410 g/mol. The maximum Gasteiger partial charge on any atom is 0.325 e. The van der Waals surface area contributed by atoms with Crippen LogP contribution in [0.25, 0.3) is 6.08 Å². The zero-order chi connectivity index (χ0) is 22.1. The molecule has 2 aromatic rings.